The topological polar surface area (TPSA) is 93.8 Å². The summed E-state index contributed by atoms with van der Waals surface area (Å²) in [4.78, 5) is 22.4. The molecule has 0 saturated heterocycles. The minimum absolute atomic E-state index is 0.105. The molecule has 0 spiro atoms. The van der Waals surface area contributed by atoms with E-state index in [0.29, 0.717) is 25.8 Å². The van der Waals surface area contributed by atoms with Crippen LogP contribution in [0.1, 0.15) is 11.1 Å². The first kappa shape index (κ1) is 20.6. The van der Waals surface area contributed by atoms with Gasteiger partial charge < -0.3 is 4.74 Å². The third kappa shape index (κ3) is 5.91. The number of carbonyl (C=O) groups is 1. The molecule has 0 unspecified atom stereocenters. The van der Waals surface area contributed by atoms with E-state index in [1.54, 1.807) is 24.3 Å². The van der Waals surface area contributed by atoms with E-state index in [1.807, 2.05) is 0 Å². The molecule has 0 bridgehead atoms. The van der Waals surface area contributed by atoms with Crippen LogP contribution in [-0.4, -0.2) is 23.7 Å². The molecule has 0 saturated carbocycles. The van der Waals surface area contributed by atoms with Crippen LogP contribution in [0.3, 0.4) is 0 Å². The minimum Gasteiger partial charge on any atom is -0.479 e. The second-order valence-corrected chi connectivity index (χ2v) is 6.87. The molecule has 138 valence electrons. The summed E-state index contributed by atoms with van der Waals surface area (Å²) in [6.07, 6.45) is 6.47. The fourth-order valence-corrected chi connectivity index (χ4v) is 3.59. The van der Waals surface area contributed by atoms with Crippen LogP contribution in [-0.2, 0) is 11.2 Å². The van der Waals surface area contributed by atoms with Crippen LogP contribution in [0.2, 0.25) is 0 Å². The molecule has 7 nitrogen and oxygen atoms in total. The Labute approximate surface area is 172 Å². The first-order valence-corrected chi connectivity index (χ1v) is 9.10. The first-order chi connectivity index (χ1) is 12.9. The Morgan fingerprint density at radius 3 is 2.63 bits per heavy atom. The van der Waals surface area contributed by atoms with E-state index in [-0.39, 0.29) is 18.7 Å². The predicted octanol–water partition coefficient (Wildman–Crippen LogP) is 3.82. The van der Waals surface area contributed by atoms with Gasteiger partial charge in [0.05, 0.1) is 26.5 Å². The largest absolute Gasteiger partial charge is 0.479 e. The number of nitrogens with one attached hydrogen (secondary N) is 1. The lowest BCUT2D eigenvalue weighted by atomic mass is 10.1. The van der Waals surface area contributed by atoms with Crippen LogP contribution in [0, 0.1) is 22.5 Å². The Bertz CT molecular complexity index is 915. The van der Waals surface area contributed by atoms with Gasteiger partial charge in [-0.15, -0.1) is 6.42 Å². The van der Waals surface area contributed by atoms with Crippen LogP contribution in [0.5, 0.6) is 5.75 Å². The van der Waals surface area contributed by atoms with Crippen molar-refractivity contribution >= 4 is 49.7 Å². The van der Waals surface area contributed by atoms with Gasteiger partial charge in [0, 0.05) is 11.6 Å². The maximum atomic E-state index is 12.0. The molecule has 1 amide bonds. The van der Waals surface area contributed by atoms with Crippen LogP contribution >= 0.6 is 31.9 Å². The van der Waals surface area contributed by atoms with Gasteiger partial charge in [-0.25, -0.2) is 5.43 Å². The molecule has 2 rings (SSSR count). The summed E-state index contributed by atoms with van der Waals surface area (Å²) in [6, 6.07) is 9.56. The van der Waals surface area contributed by atoms with E-state index >= 15 is 0 Å². The van der Waals surface area contributed by atoms with Gasteiger partial charge in [-0.1, -0.05) is 24.1 Å². The van der Waals surface area contributed by atoms with Crippen LogP contribution in [0.25, 0.3) is 0 Å². The highest BCUT2D eigenvalue weighted by Gasteiger charge is 2.15. The SMILES string of the molecule is C#CCOc1c(Br)cc(C=NNC(=O)Cc2ccccc2[N+](=O)[O-])cc1Br. The first-order valence-electron chi connectivity index (χ1n) is 7.52. The molecule has 0 aliphatic carbocycles. The molecule has 27 heavy (non-hydrogen) atoms. The fourth-order valence-electron chi connectivity index (χ4n) is 2.14. The predicted molar refractivity (Wildman–Crippen MR) is 109 cm³/mol. The van der Waals surface area contributed by atoms with Gasteiger partial charge in [0.1, 0.15) is 12.4 Å². The second-order valence-electron chi connectivity index (χ2n) is 5.16. The summed E-state index contributed by atoms with van der Waals surface area (Å²) in [7, 11) is 0. The number of halogens is 2. The number of benzene rings is 2. The highest BCUT2D eigenvalue weighted by Crippen LogP contribution is 2.34. The number of ether oxygens (including phenoxy) is 1. The van der Waals surface area contributed by atoms with E-state index in [4.69, 9.17) is 11.2 Å². The Balaban J connectivity index is 2.02. The van der Waals surface area contributed by atoms with Gasteiger partial charge in [0.2, 0.25) is 5.91 Å². The third-order valence-corrected chi connectivity index (χ3v) is 4.44. The summed E-state index contributed by atoms with van der Waals surface area (Å²) >= 11 is 6.76. The number of nitro benzene ring substituents is 1. The van der Waals surface area contributed by atoms with E-state index in [9.17, 15) is 14.9 Å². The lowest BCUT2D eigenvalue weighted by Gasteiger charge is -2.08. The van der Waals surface area contributed by atoms with Crippen LogP contribution < -0.4 is 10.2 Å². The molecular formula is C18H13Br2N3O4. The summed E-state index contributed by atoms with van der Waals surface area (Å²) in [5.41, 5.74) is 3.25. The number of terminal acetylenes is 1. The number of rotatable bonds is 7. The highest BCUT2D eigenvalue weighted by molar-refractivity contribution is 9.11. The standard InChI is InChI=1S/C18H13Br2N3O4/c1-2-7-27-18-14(19)8-12(9-15(18)20)11-21-22-17(24)10-13-5-3-4-6-16(13)23(25)26/h1,3-6,8-9,11H,7,10H2,(H,22,24). The van der Waals surface area contributed by atoms with Crippen molar-refractivity contribution in [2.75, 3.05) is 6.61 Å². The summed E-state index contributed by atoms with van der Waals surface area (Å²) in [5.74, 6) is 2.48. The smallest absolute Gasteiger partial charge is 0.273 e. The molecule has 0 radical (unpaired) electrons. The normalized spacial score (nSPS) is 10.4. The number of hydrazone groups is 1. The molecule has 2 aromatic rings. The quantitative estimate of drug-likeness (QED) is 0.274. The molecule has 2 aromatic carbocycles. The molecule has 1 N–H and O–H groups in total. The van der Waals surface area contributed by atoms with Gasteiger partial charge in [0.25, 0.3) is 5.69 Å². The number of nitrogens with zero attached hydrogens (tertiary/aromatic N) is 2. The zero-order valence-corrected chi connectivity index (χ0v) is 17.0. The van der Waals surface area contributed by atoms with E-state index in [1.165, 1.54) is 18.3 Å². The molecule has 0 heterocycles. The maximum Gasteiger partial charge on any atom is 0.273 e. The molecule has 0 aromatic heterocycles. The number of hydrogen-bond donors (Lipinski definition) is 1. The van der Waals surface area contributed by atoms with Crippen LogP contribution in [0.4, 0.5) is 5.69 Å². The fraction of sp³-hybridized carbons (Fsp3) is 0.111. The zero-order chi connectivity index (χ0) is 19.8. The Morgan fingerprint density at radius 1 is 1.33 bits per heavy atom. The molecule has 0 atom stereocenters. The summed E-state index contributed by atoms with van der Waals surface area (Å²) < 4.78 is 6.75. The van der Waals surface area contributed by atoms with Gasteiger partial charge in [-0.3, -0.25) is 14.9 Å². The molecular weight excluding hydrogens is 482 g/mol. The van der Waals surface area contributed by atoms with Crippen LogP contribution in [0.15, 0.2) is 50.4 Å². The Kier molecular flexibility index (Phi) is 7.52. The van der Waals surface area contributed by atoms with Crippen molar-refractivity contribution in [3.05, 3.63) is 66.6 Å². The van der Waals surface area contributed by atoms with E-state index < -0.39 is 10.8 Å². The third-order valence-electron chi connectivity index (χ3n) is 3.26. The van der Waals surface area contributed by atoms with Gasteiger partial charge >= 0.3 is 0 Å². The number of amides is 1. The maximum absolute atomic E-state index is 12.0. The zero-order valence-electron chi connectivity index (χ0n) is 13.8. The average molecular weight is 495 g/mol. The summed E-state index contributed by atoms with van der Waals surface area (Å²) in [6.45, 7) is 0.131. The van der Waals surface area contributed by atoms with Crippen molar-refractivity contribution < 1.29 is 14.5 Å². The molecule has 0 aliphatic heterocycles. The lowest BCUT2D eigenvalue weighted by Crippen LogP contribution is -2.20. The van der Waals surface area contributed by atoms with Gasteiger partial charge in [-0.05, 0) is 49.6 Å². The monoisotopic (exact) mass is 493 g/mol. The van der Waals surface area contributed by atoms with Crippen molar-refractivity contribution in [3.63, 3.8) is 0 Å². The van der Waals surface area contributed by atoms with Gasteiger partial charge in [-0.2, -0.15) is 5.10 Å². The van der Waals surface area contributed by atoms with Crippen molar-refractivity contribution in [3.8, 4) is 18.1 Å². The average Bonchev–Trinajstić information content (AvgIpc) is 2.61. The summed E-state index contributed by atoms with van der Waals surface area (Å²) in [5, 5.41) is 14.9. The van der Waals surface area contributed by atoms with Crippen molar-refractivity contribution in [2.45, 2.75) is 6.42 Å². The molecule has 9 heteroatoms. The molecule has 0 fully saturated rings. The Morgan fingerprint density at radius 2 is 2.00 bits per heavy atom. The highest BCUT2D eigenvalue weighted by atomic mass is 79.9. The second kappa shape index (κ2) is 9.85. The lowest BCUT2D eigenvalue weighted by molar-refractivity contribution is -0.385. The molecule has 0 aliphatic rings. The number of carbonyl (C=O) groups excluding carboxylic acids is 1. The van der Waals surface area contributed by atoms with Crippen molar-refractivity contribution in [1.82, 2.24) is 5.43 Å². The number of para-hydroxylation sites is 1. The van der Waals surface area contributed by atoms with Gasteiger partial charge in [0.15, 0.2) is 0 Å². The minimum atomic E-state index is -0.523. The Hall–Kier alpha value is -2.70. The van der Waals surface area contributed by atoms with E-state index in [0.717, 1.165) is 0 Å². The van der Waals surface area contributed by atoms with E-state index in [2.05, 4.69) is 48.3 Å². The van der Waals surface area contributed by atoms with Crippen molar-refractivity contribution in [2.24, 2.45) is 5.10 Å². The number of nitro groups is 1. The number of hydrogen-bond acceptors (Lipinski definition) is 5. The van der Waals surface area contributed by atoms with Crippen molar-refractivity contribution in [1.29, 1.82) is 0 Å².